The van der Waals surface area contributed by atoms with Crippen LogP contribution in [0.25, 0.3) is 0 Å². The normalized spacial score (nSPS) is 14.5. The van der Waals surface area contributed by atoms with Crippen LogP contribution < -0.4 is 27.4 Å². The first-order chi connectivity index (χ1) is 13.9. The highest BCUT2D eigenvalue weighted by atomic mass is 16.2. The summed E-state index contributed by atoms with van der Waals surface area (Å²) in [6.45, 7) is 11.6. The zero-order valence-electron chi connectivity index (χ0n) is 19.3. The molecule has 3 atom stereocenters. The highest BCUT2D eigenvalue weighted by molar-refractivity contribution is 5.93. The number of carbonyl (C=O) groups is 4. The van der Waals surface area contributed by atoms with Crippen LogP contribution in [-0.4, -0.2) is 54.7 Å². The van der Waals surface area contributed by atoms with Crippen molar-refractivity contribution in [1.29, 1.82) is 0 Å². The minimum absolute atomic E-state index is 0.0525. The molecular formula is C21H41N5O4. The van der Waals surface area contributed by atoms with Gasteiger partial charge in [0.25, 0.3) is 0 Å². The molecule has 0 fully saturated rings. The number of primary amides is 1. The molecule has 0 aliphatic heterocycles. The number of hydrogen-bond acceptors (Lipinski definition) is 6. The van der Waals surface area contributed by atoms with E-state index in [1.807, 2.05) is 27.7 Å². The Labute approximate surface area is 180 Å². The van der Waals surface area contributed by atoms with E-state index in [1.165, 1.54) is 0 Å². The number of nitrogens with one attached hydrogen (secondary N) is 3. The van der Waals surface area contributed by atoms with Gasteiger partial charge in [0.15, 0.2) is 11.6 Å². The average molecular weight is 428 g/mol. The smallest absolute Gasteiger partial charge is 0.312 e. The van der Waals surface area contributed by atoms with Gasteiger partial charge < -0.3 is 27.4 Å². The van der Waals surface area contributed by atoms with E-state index in [1.54, 1.807) is 13.8 Å². The maximum atomic E-state index is 13.0. The molecule has 0 aromatic heterocycles. The van der Waals surface area contributed by atoms with Crippen LogP contribution in [0, 0.1) is 17.8 Å². The molecule has 7 N–H and O–H groups in total. The second kappa shape index (κ2) is 14.1. The highest BCUT2D eigenvalue weighted by Crippen LogP contribution is 2.18. The van der Waals surface area contributed by atoms with Crippen molar-refractivity contribution >= 4 is 23.5 Å². The summed E-state index contributed by atoms with van der Waals surface area (Å²) in [5.74, 6) is -1.42. The molecule has 0 bridgehead atoms. The summed E-state index contributed by atoms with van der Waals surface area (Å²) in [7, 11) is 0. The van der Waals surface area contributed by atoms with Gasteiger partial charge in [-0.2, -0.15) is 0 Å². The fraction of sp³-hybridized carbons (Fsp3) is 0.810. The lowest BCUT2D eigenvalue weighted by Crippen LogP contribution is -2.49. The van der Waals surface area contributed by atoms with E-state index < -0.39 is 24.0 Å². The zero-order chi connectivity index (χ0) is 23.4. The van der Waals surface area contributed by atoms with E-state index >= 15 is 0 Å². The molecule has 0 rings (SSSR count). The second-order valence-electron chi connectivity index (χ2n) is 8.68. The molecule has 30 heavy (non-hydrogen) atoms. The van der Waals surface area contributed by atoms with Crippen LogP contribution in [0.5, 0.6) is 0 Å². The topological polar surface area (TPSA) is 156 Å². The van der Waals surface area contributed by atoms with Crippen molar-refractivity contribution in [1.82, 2.24) is 16.0 Å². The fourth-order valence-corrected chi connectivity index (χ4v) is 3.17. The Hall–Kier alpha value is -2.00. The number of carbonyl (C=O) groups excluding carboxylic acids is 4. The van der Waals surface area contributed by atoms with E-state index in [-0.39, 0.29) is 48.3 Å². The molecule has 3 amide bonds. The van der Waals surface area contributed by atoms with Crippen molar-refractivity contribution in [3.8, 4) is 0 Å². The Morgan fingerprint density at radius 1 is 0.933 bits per heavy atom. The first kappa shape index (κ1) is 28.0. The van der Waals surface area contributed by atoms with Crippen LogP contribution in [0.1, 0.15) is 60.8 Å². The maximum absolute atomic E-state index is 13.0. The van der Waals surface area contributed by atoms with Gasteiger partial charge in [-0.1, -0.05) is 41.5 Å². The number of amides is 3. The lowest BCUT2D eigenvalue weighted by molar-refractivity contribution is -0.134. The summed E-state index contributed by atoms with van der Waals surface area (Å²) in [6, 6.07) is -1.72. The molecule has 0 unspecified atom stereocenters. The molecule has 9 nitrogen and oxygen atoms in total. The summed E-state index contributed by atoms with van der Waals surface area (Å²) in [5, 5.41) is 8.43. The summed E-state index contributed by atoms with van der Waals surface area (Å²) in [4.78, 5) is 49.0. The molecule has 0 aromatic carbocycles. The number of ketones is 2. The minimum atomic E-state index is -0.678. The third-order valence-corrected chi connectivity index (χ3v) is 4.92. The van der Waals surface area contributed by atoms with Crippen LogP contribution in [0.3, 0.4) is 0 Å². The average Bonchev–Trinajstić information content (AvgIpc) is 2.64. The van der Waals surface area contributed by atoms with Gasteiger partial charge in [0, 0.05) is 37.4 Å². The first-order valence-corrected chi connectivity index (χ1v) is 10.8. The van der Waals surface area contributed by atoms with Gasteiger partial charge in [-0.25, -0.2) is 4.79 Å². The van der Waals surface area contributed by atoms with Gasteiger partial charge in [-0.3, -0.25) is 14.4 Å². The lowest BCUT2D eigenvalue weighted by Gasteiger charge is -2.26. The summed E-state index contributed by atoms with van der Waals surface area (Å²) >= 11 is 0. The molecule has 9 heteroatoms. The Morgan fingerprint density at radius 3 is 1.97 bits per heavy atom. The van der Waals surface area contributed by atoms with Crippen LogP contribution in [-0.2, 0) is 14.4 Å². The molecule has 0 aromatic rings. The minimum Gasteiger partial charge on any atom is -0.352 e. The van der Waals surface area contributed by atoms with Crippen molar-refractivity contribution < 1.29 is 19.2 Å². The third kappa shape index (κ3) is 10.7. The van der Waals surface area contributed by atoms with E-state index in [2.05, 4.69) is 16.0 Å². The van der Waals surface area contributed by atoms with Crippen LogP contribution in [0.2, 0.25) is 0 Å². The predicted molar refractivity (Wildman–Crippen MR) is 118 cm³/mol. The van der Waals surface area contributed by atoms with Crippen molar-refractivity contribution in [2.24, 2.45) is 29.2 Å². The quantitative estimate of drug-likeness (QED) is 0.242. The van der Waals surface area contributed by atoms with Crippen LogP contribution >= 0.6 is 0 Å². The monoisotopic (exact) mass is 427 g/mol. The van der Waals surface area contributed by atoms with E-state index in [9.17, 15) is 19.2 Å². The summed E-state index contributed by atoms with van der Waals surface area (Å²) < 4.78 is 0. The van der Waals surface area contributed by atoms with Gasteiger partial charge in [0.05, 0.1) is 12.1 Å². The Kier molecular flexibility index (Phi) is 13.1. The van der Waals surface area contributed by atoms with Gasteiger partial charge in [-0.05, 0) is 18.8 Å². The molecule has 0 aliphatic rings. The summed E-state index contributed by atoms with van der Waals surface area (Å²) in [6.07, 6.45) is 0.921. The molecule has 0 aliphatic carbocycles. The van der Waals surface area contributed by atoms with Gasteiger partial charge in [0.1, 0.15) is 0 Å². The second-order valence-corrected chi connectivity index (χ2v) is 8.68. The molecule has 174 valence electrons. The number of nitrogens with two attached hydrogens (primary N) is 2. The molecule has 0 saturated carbocycles. The van der Waals surface area contributed by atoms with E-state index in [0.717, 1.165) is 0 Å². The number of Topliss-reactive ketones (excluding diaryl/α,β-unsaturated/α-hetero) is 2. The number of rotatable bonds is 15. The standard InChI is InChI=1S/C21H41N5O4/c1-12(2)15(10-18(27)17(11-22)25-14(5)6)20(29)26-16(19(28)13(3)4)8-7-9-24-21(23)30/h12-17,25H,7-11,22H2,1-6H3,(H,26,29)(H3,23,24,30)/t15-,16-,17-/m0/s1. The summed E-state index contributed by atoms with van der Waals surface area (Å²) in [5.41, 5.74) is 10.8. The molecule has 0 saturated heterocycles. The van der Waals surface area contributed by atoms with Crippen molar-refractivity contribution in [2.75, 3.05) is 13.1 Å². The molecule has 0 heterocycles. The lowest BCUT2D eigenvalue weighted by atomic mass is 9.87. The SMILES string of the molecule is CC(C)N[C@@H](CN)C(=O)C[C@H](C(=O)N[C@@H](CCCNC(N)=O)C(=O)C(C)C)C(C)C. The third-order valence-electron chi connectivity index (χ3n) is 4.92. The predicted octanol–water partition coefficient (Wildman–Crippen LogP) is 0.702. The van der Waals surface area contributed by atoms with Gasteiger partial charge in [-0.15, -0.1) is 0 Å². The van der Waals surface area contributed by atoms with E-state index in [4.69, 9.17) is 11.5 Å². The van der Waals surface area contributed by atoms with Gasteiger partial charge in [0.2, 0.25) is 5.91 Å². The fourth-order valence-electron chi connectivity index (χ4n) is 3.17. The largest absolute Gasteiger partial charge is 0.352 e. The Morgan fingerprint density at radius 2 is 1.53 bits per heavy atom. The number of urea groups is 1. The number of hydrogen-bond donors (Lipinski definition) is 5. The molecule has 0 radical (unpaired) electrons. The zero-order valence-corrected chi connectivity index (χ0v) is 19.3. The Balaban J connectivity index is 5.19. The first-order valence-electron chi connectivity index (χ1n) is 10.8. The van der Waals surface area contributed by atoms with Gasteiger partial charge >= 0.3 is 6.03 Å². The van der Waals surface area contributed by atoms with Crippen LogP contribution in [0.15, 0.2) is 0 Å². The van der Waals surface area contributed by atoms with Crippen LogP contribution in [0.4, 0.5) is 4.79 Å². The van der Waals surface area contributed by atoms with Crippen molar-refractivity contribution in [3.63, 3.8) is 0 Å². The maximum Gasteiger partial charge on any atom is 0.312 e. The molecule has 0 spiro atoms. The van der Waals surface area contributed by atoms with Crippen molar-refractivity contribution in [3.05, 3.63) is 0 Å². The highest BCUT2D eigenvalue weighted by Gasteiger charge is 2.31. The van der Waals surface area contributed by atoms with Crippen molar-refractivity contribution in [2.45, 2.75) is 78.9 Å². The van der Waals surface area contributed by atoms with E-state index in [0.29, 0.717) is 19.4 Å². The molecular weight excluding hydrogens is 386 g/mol. The Bertz CT molecular complexity index is 578.